The number of fused-ring (bicyclic) bond motifs is 1. The van der Waals surface area contributed by atoms with Gasteiger partial charge in [0.25, 0.3) is 10.0 Å². The average molecular weight is 461 g/mol. The summed E-state index contributed by atoms with van der Waals surface area (Å²) in [5.74, 6) is 0.703. The lowest BCUT2D eigenvalue weighted by atomic mass is 10.0. The number of carbonyl (C=O) groups is 2. The summed E-state index contributed by atoms with van der Waals surface area (Å²) >= 11 is 0. The molecule has 32 heavy (non-hydrogen) atoms. The largest absolute Gasteiger partial charge is 0.339 e. The van der Waals surface area contributed by atoms with Crippen molar-refractivity contribution in [3.05, 3.63) is 29.8 Å². The number of amidine groups is 1. The maximum atomic E-state index is 13.3. The number of hydrogen-bond donors (Lipinski definition) is 1. The first kappa shape index (κ1) is 22.8. The molecule has 1 saturated heterocycles. The molecular formula is C23H32N4O4S. The van der Waals surface area contributed by atoms with Gasteiger partial charge in [0.15, 0.2) is 0 Å². The first-order chi connectivity index (χ1) is 15.3. The van der Waals surface area contributed by atoms with Crippen LogP contribution in [-0.2, 0) is 19.6 Å². The van der Waals surface area contributed by atoms with Crippen LogP contribution in [-0.4, -0.2) is 68.1 Å². The van der Waals surface area contributed by atoms with E-state index in [9.17, 15) is 18.0 Å². The van der Waals surface area contributed by atoms with Gasteiger partial charge >= 0.3 is 0 Å². The fourth-order valence-corrected chi connectivity index (χ4v) is 6.05. The second kappa shape index (κ2) is 9.21. The van der Waals surface area contributed by atoms with Gasteiger partial charge in [-0.1, -0.05) is 38.8 Å². The van der Waals surface area contributed by atoms with Crippen molar-refractivity contribution < 1.29 is 18.0 Å². The molecule has 1 aliphatic carbocycles. The van der Waals surface area contributed by atoms with E-state index < -0.39 is 16.1 Å². The van der Waals surface area contributed by atoms with Gasteiger partial charge < -0.3 is 9.80 Å². The Bertz CT molecular complexity index is 1010. The SMILES string of the molecule is CC(C)[C@H](N=C1NS(=O)(=O)c2ccccc21)C(=O)N1CCN(C(=O)CC2CCCC2)CC1. The van der Waals surface area contributed by atoms with Gasteiger partial charge in [-0.25, -0.2) is 8.42 Å². The molecule has 0 radical (unpaired) electrons. The highest BCUT2D eigenvalue weighted by atomic mass is 32.2. The maximum Gasteiger partial charge on any atom is 0.263 e. The van der Waals surface area contributed by atoms with Crippen LogP contribution >= 0.6 is 0 Å². The molecule has 8 nitrogen and oxygen atoms in total. The Labute approximate surface area is 190 Å². The van der Waals surface area contributed by atoms with Crippen LogP contribution in [0.4, 0.5) is 0 Å². The third-order valence-corrected chi connectivity index (χ3v) is 8.09. The number of carbonyl (C=O) groups excluding carboxylic acids is 2. The van der Waals surface area contributed by atoms with Crippen LogP contribution < -0.4 is 4.72 Å². The zero-order valence-corrected chi connectivity index (χ0v) is 19.6. The van der Waals surface area contributed by atoms with Gasteiger partial charge in [-0.15, -0.1) is 0 Å². The van der Waals surface area contributed by atoms with Gasteiger partial charge in [-0.05, 0) is 36.8 Å². The van der Waals surface area contributed by atoms with Crippen molar-refractivity contribution >= 4 is 27.7 Å². The molecular weight excluding hydrogens is 428 g/mol. The number of nitrogens with zero attached hydrogens (tertiary/aromatic N) is 3. The Kier molecular flexibility index (Phi) is 6.55. The molecule has 2 heterocycles. The molecule has 1 saturated carbocycles. The summed E-state index contributed by atoms with van der Waals surface area (Å²) < 4.78 is 27.3. The monoisotopic (exact) mass is 460 g/mol. The quantitative estimate of drug-likeness (QED) is 0.726. The Morgan fingerprint density at radius 2 is 1.69 bits per heavy atom. The van der Waals surface area contributed by atoms with E-state index in [1.807, 2.05) is 18.7 Å². The number of hydrogen-bond acceptors (Lipinski definition) is 5. The molecule has 1 aromatic carbocycles. The van der Waals surface area contributed by atoms with E-state index in [1.165, 1.54) is 18.9 Å². The first-order valence-electron chi connectivity index (χ1n) is 11.5. The Morgan fingerprint density at radius 1 is 1.06 bits per heavy atom. The molecule has 0 bridgehead atoms. The summed E-state index contributed by atoms with van der Waals surface area (Å²) in [4.78, 5) is 34.3. The van der Waals surface area contributed by atoms with Crippen molar-refractivity contribution in [1.29, 1.82) is 0 Å². The smallest absolute Gasteiger partial charge is 0.263 e. The standard InChI is InChI=1S/C23H32N4O4S/c1-16(2)21(24-22-18-9-5-6-10-19(18)32(30,31)25-22)23(29)27-13-11-26(12-14-27)20(28)15-17-7-3-4-8-17/h5-6,9-10,16-17,21H,3-4,7-8,11-15H2,1-2H3,(H,24,25)/t21-/m0/s1. The van der Waals surface area contributed by atoms with Gasteiger partial charge in [0.2, 0.25) is 11.8 Å². The number of rotatable bonds is 5. The molecule has 1 aromatic rings. The molecule has 2 fully saturated rings. The van der Waals surface area contributed by atoms with Crippen LogP contribution in [0.2, 0.25) is 0 Å². The number of amides is 2. The van der Waals surface area contributed by atoms with Crippen LogP contribution in [0.25, 0.3) is 0 Å². The third-order valence-electron chi connectivity index (χ3n) is 6.70. The lowest BCUT2D eigenvalue weighted by Gasteiger charge is -2.37. The van der Waals surface area contributed by atoms with Crippen LogP contribution in [0.5, 0.6) is 0 Å². The van der Waals surface area contributed by atoms with Gasteiger partial charge in [0, 0.05) is 38.2 Å². The molecule has 2 amide bonds. The summed E-state index contributed by atoms with van der Waals surface area (Å²) in [6.45, 7) is 5.84. The lowest BCUT2D eigenvalue weighted by molar-refractivity contribution is -0.141. The molecule has 0 aromatic heterocycles. The van der Waals surface area contributed by atoms with Crippen LogP contribution in [0.1, 0.15) is 51.5 Å². The molecule has 1 N–H and O–H groups in total. The van der Waals surface area contributed by atoms with Gasteiger partial charge in [-0.2, -0.15) is 0 Å². The minimum absolute atomic E-state index is 0.103. The first-order valence-corrected chi connectivity index (χ1v) is 13.0. The molecule has 1 atom stereocenters. The van der Waals surface area contributed by atoms with Crippen molar-refractivity contribution in [1.82, 2.24) is 14.5 Å². The van der Waals surface area contributed by atoms with Crippen molar-refractivity contribution in [2.45, 2.75) is 56.9 Å². The van der Waals surface area contributed by atoms with Gasteiger partial charge in [0.1, 0.15) is 11.9 Å². The summed E-state index contributed by atoms with van der Waals surface area (Å²) in [7, 11) is -3.65. The Morgan fingerprint density at radius 3 is 2.34 bits per heavy atom. The van der Waals surface area contributed by atoms with E-state index in [0.717, 1.165) is 12.8 Å². The maximum absolute atomic E-state index is 13.3. The summed E-state index contributed by atoms with van der Waals surface area (Å²) in [5.41, 5.74) is 0.494. The fourth-order valence-electron chi connectivity index (χ4n) is 4.81. The van der Waals surface area contributed by atoms with Crippen LogP contribution in [0.15, 0.2) is 34.2 Å². The second-order valence-electron chi connectivity index (χ2n) is 9.33. The van der Waals surface area contributed by atoms with E-state index in [0.29, 0.717) is 44.1 Å². The average Bonchev–Trinajstić information content (AvgIpc) is 3.37. The minimum atomic E-state index is -3.65. The zero-order valence-electron chi connectivity index (χ0n) is 18.8. The Balaban J connectivity index is 1.43. The summed E-state index contributed by atoms with van der Waals surface area (Å²) in [6.07, 6.45) is 5.36. The molecule has 4 rings (SSSR count). The third kappa shape index (κ3) is 4.67. The summed E-state index contributed by atoms with van der Waals surface area (Å²) in [5, 5.41) is 0. The van der Waals surface area contributed by atoms with Gasteiger partial charge in [0.05, 0.1) is 4.90 Å². The van der Waals surface area contributed by atoms with Gasteiger partial charge in [-0.3, -0.25) is 19.3 Å². The van der Waals surface area contributed by atoms with E-state index >= 15 is 0 Å². The number of piperazine rings is 1. The number of benzene rings is 1. The fraction of sp³-hybridized carbons (Fsp3) is 0.609. The predicted octanol–water partition coefficient (Wildman–Crippen LogP) is 2.00. The topological polar surface area (TPSA) is 99.1 Å². The minimum Gasteiger partial charge on any atom is -0.339 e. The zero-order chi connectivity index (χ0) is 22.9. The molecule has 2 aliphatic heterocycles. The molecule has 0 spiro atoms. The lowest BCUT2D eigenvalue weighted by Crippen LogP contribution is -2.53. The number of sulfonamides is 1. The highest BCUT2D eigenvalue weighted by Gasteiger charge is 2.35. The van der Waals surface area contributed by atoms with Crippen molar-refractivity contribution in [2.24, 2.45) is 16.8 Å². The highest BCUT2D eigenvalue weighted by molar-refractivity contribution is 7.90. The van der Waals surface area contributed by atoms with Crippen molar-refractivity contribution in [2.75, 3.05) is 26.2 Å². The normalized spacial score (nSPS) is 22.8. The van der Waals surface area contributed by atoms with Crippen LogP contribution in [0.3, 0.4) is 0 Å². The summed E-state index contributed by atoms with van der Waals surface area (Å²) in [6, 6.07) is 5.96. The molecule has 9 heteroatoms. The number of aliphatic imine (C=N–C) groups is 1. The second-order valence-corrected chi connectivity index (χ2v) is 11.0. The Hall–Kier alpha value is -2.42. The van der Waals surface area contributed by atoms with E-state index in [-0.39, 0.29) is 28.5 Å². The molecule has 0 unspecified atom stereocenters. The van der Waals surface area contributed by atoms with Crippen molar-refractivity contribution in [3.63, 3.8) is 0 Å². The predicted molar refractivity (Wildman–Crippen MR) is 122 cm³/mol. The van der Waals surface area contributed by atoms with Crippen LogP contribution in [0, 0.1) is 11.8 Å². The molecule has 3 aliphatic rings. The van der Waals surface area contributed by atoms with E-state index in [1.54, 1.807) is 23.1 Å². The molecule has 174 valence electrons. The van der Waals surface area contributed by atoms with E-state index in [2.05, 4.69) is 9.71 Å². The highest BCUT2D eigenvalue weighted by Crippen LogP contribution is 2.28. The van der Waals surface area contributed by atoms with Crippen molar-refractivity contribution in [3.8, 4) is 0 Å². The number of nitrogens with one attached hydrogen (secondary N) is 1. The van der Waals surface area contributed by atoms with E-state index in [4.69, 9.17) is 0 Å².